The van der Waals surface area contributed by atoms with Crippen molar-refractivity contribution in [1.29, 1.82) is 0 Å². The zero-order chi connectivity index (χ0) is 15.9. The maximum Gasteiger partial charge on any atom is 0.198 e. The third-order valence-electron chi connectivity index (χ3n) is 6.10. The molecule has 1 heterocycles. The van der Waals surface area contributed by atoms with E-state index < -0.39 is 0 Å². The number of hydrogen-bond acceptors (Lipinski definition) is 2. The highest BCUT2D eigenvalue weighted by molar-refractivity contribution is 5.98. The van der Waals surface area contributed by atoms with Gasteiger partial charge in [-0.05, 0) is 44.2 Å². The minimum atomic E-state index is 0.366. The van der Waals surface area contributed by atoms with Gasteiger partial charge in [0.2, 0.25) is 0 Å². The molecule has 2 unspecified atom stereocenters. The quantitative estimate of drug-likeness (QED) is 0.688. The van der Waals surface area contributed by atoms with Gasteiger partial charge in [-0.25, -0.2) is 0 Å². The lowest BCUT2D eigenvalue weighted by Gasteiger charge is -2.61. The van der Waals surface area contributed by atoms with Crippen LogP contribution >= 0.6 is 0 Å². The van der Waals surface area contributed by atoms with Gasteiger partial charge < -0.3 is 15.0 Å². The predicted octanol–water partition coefficient (Wildman–Crippen LogP) is 2.97. The average molecular weight is 313 g/mol. The first-order chi connectivity index (χ1) is 11.3. The lowest BCUT2D eigenvalue weighted by atomic mass is 9.51. The highest BCUT2D eigenvalue weighted by Gasteiger charge is 2.59. The van der Waals surface area contributed by atoms with Crippen LogP contribution in [0.25, 0.3) is 0 Å². The van der Waals surface area contributed by atoms with E-state index >= 15 is 0 Å². The van der Waals surface area contributed by atoms with E-state index in [1.165, 1.54) is 30.5 Å². The van der Waals surface area contributed by atoms with Crippen molar-refractivity contribution in [1.82, 2.24) is 5.32 Å². The van der Waals surface area contributed by atoms with Crippen LogP contribution in [0.3, 0.4) is 0 Å². The zero-order valence-electron chi connectivity index (χ0n) is 14.2. The Morgan fingerprint density at radius 1 is 1.39 bits per heavy atom. The number of aliphatic imine (C=N–C) groups is 1. The summed E-state index contributed by atoms with van der Waals surface area (Å²) in [5.41, 5.74) is 3.10. The van der Waals surface area contributed by atoms with E-state index in [4.69, 9.17) is 4.74 Å². The second-order valence-electron chi connectivity index (χ2n) is 7.04. The molecule has 2 fully saturated rings. The number of para-hydroxylation sites is 1. The Hall–Kier alpha value is -1.55. The molecule has 0 radical (unpaired) electrons. The molecule has 2 saturated carbocycles. The van der Waals surface area contributed by atoms with E-state index in [1.807, 2.05) is 7.05 Å². The molecule has 4 heteroatoms. The Morgan fingerprint density at radius 2 is 2.22 bits per heavy atom. The molecule has 0 saturated heterocycles. The molecule has 1 aromatic rings. The van der Waals surface area contributed by atoms with Crippen LogP contribution in [0.5, 0.6) is 0 Å². The van der Waals surface area contributed by atoms with Crippen molar-refractivity contribution in [3.8, 4) is 0 Å². The van der Waals surface area contributed by atoms with Gasteiger partial charge >= 0.3 is 0 Å². The highest BCUT2D eigenvalue weighted by atomic mass is 16.5. The Labute approximate surface area is 138 Å². The molecule has 1 N–H and O–H groups in total. The molecular formula is C19H27N3O. The number of benzene rings is 1. The molecule has 2 aliphatic carbocycles. The monoisotopic (exact) mass is 313 g/mol. The van der Waals surface area contributed by atoms with Gasteiger partial charge in [0.05, 0.1) is 6.10 Å². The molecule has 0 amide bonds. The lowest BCUT2D eigenvalue weighted by Crippen LogP contribution is -2.68. The Morgan fingerprint density at radius 3 is 2.91 bits per heavy atom. The summed E-state index contributed by atoms with van der Waals surface area (Å²) in [6.07, 6.45) is 6.60. The number of anilines is 1. The third-order valence-corrected chi connectivity index (χ3v) is 6.10. The van der Waals surface area contributed by atoms with Crippen LogP contribution in [0, 0.1) is 5.41 Å². The van der Waals surface area contributed by atoms with Gasteiger partial charge in [0, 0.05) is 37.3 Å². The molecule has 0 bridgehead atoms. The number of guanidine groups is 1. The summed E-state index contributed by atoms with van der Waals surface area (Å²) >= 11 is 0. The van der Waals surface area contributed by atoms with Gasteiger partial charge in [0.1, 0.15) is 0 Å². The second-order valence-corrected chi connectivity index (χ2v) is 7.04. The van der Waals surface area contributed by atoms with E-state index in [0.717, 1.165) is 32.0 Å². The number of rotatable bonds is 3. The van der Waals surface area contributed by atoms with E-state index in [-0.39, 0.29) is 0 Å². The predicted molar refractivity (Wildman–Crippen MR) is 94.1 cm³/mol. The molecule has 1 aliphatic heterocycles. The lowest BCUT2D eigenvalue weighted by molar-refractivity contribution is -0.168. The van der Waals surface area contributed by atoms with Crippen LogP contribution < -0.4 is 10.2 Å². The summed E-state index contributed by atoms with van der Waals surface area (Å²) in [5, 5.41) is 3.76. The third kappa shape index (κ3) is 2.26. The Bertz CT molecular complexity index is 608. The molecule has 1 spiro atoms. The summed E-state index contributed by atoms with van der Waals surface area (Å²) < 4.78 is 5.97. The Kier molecular flexibility index (Phi) is 3.80. The van der Waals surface area contributed by atoms with Crippen molar-refractivity contribution in [2.45, 2.75) is 51.2 Å². The minimum absolute atomic E-state index is 0.366. The summed E-state index contributed by atoms with van der Waals surface area (Å²) in [5.74, 6) is 1.03. The molecule has 23 heavy (non-hydrogen) atoms. The van der Waals surface area contributed by atoms with Crippen molar-refractivity contribution in [3.05, 3.63) is 29.8 Å². The van der Waals surface area contributed by atoms with Crippen molar-refractivity contribution in [3.63, 3.8) is 0 Å². The SMILES string of the molecule is CCOC1CC(NC(=NC)N2CCc3ccccc32)C12CCC2. The molecule has 4 rings (SSSR count). The van der Waals surface area contributed by atoms with Gasteiger partial charge in [0.15, 0.2) is 5.96 Å². The largest absolute Gasteiger partial charge is 0.378 e. The minimum Gasteiger partial charge on any atom is -0.378 e. The number of nitrogens with one attached hydrogen (secondary N) is 1. The van der Waals surface area contributed by atoms with Crippen LogP contribution in [0.1, 0.15) is 38.2 Å². The van der Waals surface area contributed by atoms with Gasteiger partial charge in [-0.3, -0.25) is 4.99 Å². The summed E-state index contributed by atoms with van der Waals surface area (Å²) in [6, 6.07) is 9.19. The maximum absolute atomic E-state index is 5.97. The standard InChI is InChI=1S/C19H27N3O/c1-3-23-17-13-16(19(17)10-6-11-19)21-18(20-2)22-12-9-14-7-4-5-8-15(14)22/h4-5,7-8,16-17H,3,6,9-13H2,1-2H3,(H,20,21). The molecule has 2 atom stereocenters. The van der Waals surface area contributed by atoms with Crippen LogP contribution in [-0.2, 0) is 11.2 Å². The summed E-state index contributed by atoms with van der Waals surface area (Å²) in [6.45, 7) is 3.95. The van der Waals surface area contributed by atoms with E-state index in [9.17, 15) is 0 Å². The fourth-order valence-corrected chi connectivity index (χ4v) is 4.62. The van der Waals surface area contributed by atoms with Crippen LogP contribution in [0.4, 0.5) is 5.69 Å². The van der Waals surface area contributed by atoms with E-state index in [1.54, 1.807) is 0 Å². The molecule has 1 aromatic carbocycles. The van der Waals surface area contributed by atoms with Gasteiger partial charge in [-0.2, -0.15) is 0 Å². The average Bonchev–Trinajstić information content (AvgIpc) is 2.93. The molecular weight excluding hydrogens is 286 g/mol. The van der Waals surface area contributed by atoms with Crippen molar-refractivity contribution < 1.29 is 4.74 Å². The first-order valence-electron chi connectivity index (χ1n) is 8.99. The Balaban J connectivity index is 1.48. The van der Waals surface area contributed by atoms with E-state index in [0.29, 0.717) is 17.6 Å². The molecule has 3 aliphatic rings. The van der Waals surface area contributed by atoms with Crippen LogP contribution in [0.2, 0.25) is 0 Å². The normalized spacial score (nSPS) is 28.3. The smallest absolute Gasteiger partial charge is 0.198 e. The fourth-order valence-electron chi connectivity index (χ4n) is 4.62. The van der Waals surface area contributed by atoms with Gasteiger partial charge in [0.25, 0.3) is 0 Å². The van der Waals surface area contributed by atoms with E-state index in [2.05, 4.69) is 46.4 Å². The number of fused-ring (bicyclic) bond motifs is 1. The summed E-state index contributed by atoms with van der Waals surface area (Å²) in [4.78, 5) is 6.92. The molecule has 124 valence electrons. The number of nitrogens with zero attached hydrogens (tertiary/aromatic N) is 2. The van der Waals surface area contributed by atoms with Crippen molar-refractivity contribution in [2.75, 3.05) is 25.1 Å². The van der Waals surface area contributed by atoms with Crippen LogP contribution in [0.15, 0.2) is 29.3 Å². The molecule has 0 aromatic heterocycles. The first kappa shape index (κ1) is 15.0. The van der Waals surface area contributed by atoms with Crippen molar-refractivity contribution in [2.24, 2.45) is 10.4 Å². The second kappa shape index (κ2) is 5.82. The summed E-state index contributed by atoms with van der Waals surface area (Å²) in [7, 11) is 1.90. The zero-order valence-corrected chi connectivity index (χ0v) is 14.2. The number of hydrogen-bond donors (Lipinski definition) is 1. The first-order valence-corrected chi connectivity index (χ1v) is 8.99. The van der Waals surface area contributed by atoms with Gasteiger partial charge in [-0.1, -0.05) is 24.6 Å². The van der Waals surface area contributed by atoms with Crippen molar-refractivity contribution >= 4 is 11.6 Å². The van der Waals surface area contributed by atoms with Gasteiger partial charge in [-0.15, -0.1) is 0 Å². The number of ether oxygens (including phenoxy) is 1. The van der Waals surface area contributed by atoms with Crippen LogP contribution in [-0.4, -0.2) is 38.3 Å². The fraction of sp³-hybridized carbons (Fsp3) is 0.632. The topological polar surface area (TPSA) is 36.9 Å². The maximum atomic E-state index is 5.97. The molecule has 4 nitrogen and oxygen atoms in total. The highest BCUT2D eigenvalue weighted by Crippen LogP contribution is 2.57.